The van der Waals surface area contributed by atoms with Gasteiger partial charge in [0.1, 0.15) is 17.3 Å². The summed E-state index contributed by atoms with van der Waals surface area (Å²) in [5.41, 5.74) is 2.99. The van der Waals surface area contributed by atoms with Crippen molar-refractivity contribution in [3.8, 4) is 10.4 Å². The molecule has 0 saturated heterocycles. The van der Waals surface area contributed by atoms with E-state index in [1.165, 1.54) is 29.0 Å². The predicted molar refractivity (Wildman–Crippen MR) is 141 cm³/mol. The van der Waals surface area contributed by atoms with Gasteiger partial charge in [0.25, 0.3) is 5.91 Å². The van der Waals surface area contributed by atoms with Crippen molar-refractivity contribution >= 4 is 39.6 Å². The molecule has 1 amide bonds. The largest absolute Gasteiger partial charge is 0.346 e. The number of imidazole rings is 1. The van der Waals surface area contributed by atoms with Crippen molar-refractivity contribution < 1.29 is 14.0 Å². The van der Waals surface area contributed by atoms with Crippen LogP contribution < -0.4 is 5.32 Å². The Morgan fingerprint density at radius 1 is 1.11 bits per heavy atom. The number of benzene rings is 2. The van der Waals surface area contributed by atoms with Gasteiger partial charge in [-0.2, -0.15) is 0 Å². The van der Waals surface area contributed by atoms with Crippen molar-refractivity contribution in [1.29, 1.82) is 0 Å². The number of thiazole rings is 1. The molecule has 1 fully saturated rings. The topological polar surface area (TPSA) is 63.5 Å². The maximum Gasteiger partial charge on any atom is 0.271 e. The summed E-state index contributed by atoms with van der Waals surface area (Å²) in [7, 11) is 0. The maximum atomic E-state index is 13.9. The molecule has 0 spiro atoms. The van der Waals surface area contributed by atoms with Gasteiger partial charge in [-0.3, -0.25) is 9.20 Å². The van der Waals surface area contributed by atoms with Gasteiger partial charge in [0.2, 0.25) is 0 Å². The van der Waals surface area contributed by atoms with Crippen LogP contribution in [-0.2, 0) is 11.3 Å². The number of rotatable bonds is 7. The van der Waals surface area contributed by atoms with E-state index in [1.54, 1.807) is 19.2 Å². The van der Waals surface area contributed by atoms with Crippen molar-refractivity contribution in [3.63, 3.8) is 0 Å². The number of hydrogen-bond donors (Lipinski definition) is 1. The van der Waals surface area contributed by atoms with E-state index < -0.39 is 5.82 Å². The Bertz CT molecular complexity index is 1350. The average Bonchev–Trinajstić information content (AvgIpc) is 3.44. The smallest absolute Gasteiger partial charge is 0.271 e. The first-order chi connectivity index (χ1) is 17.4. The molecule has 2 heterocycles. The Balaban J connectivity index is 1.22. The molecule has 2 aromatic heterocycles. The van der Waals surface area contributed by atoms with E-state index in [0.717, 1.165) is 42.5 Å². The summed E-state index contributed by atoms with van der Waals surface area (Å²) in [5, 5.41) is 2.97. The summed E-state index contributed by atoms with van der Waals surface area (Å²) in [6, 6.07) is 13.1. The van der Waals surface area contributed by atoms with Crippen LogP contribution in [0.25, 0.3) is 15.4 Å². The number of nitrogens with one attached hydrogen (secondary N) is 1. The van der Waals surface area contributed by atoms with Crippen molar-refractivity contribution in [3.05, 3.63) is 82.5 Å². The van der Waals surface area contributed by atoms with Gasteiger partial charge >= 0.3 is 0 Å². The van der Waals surface area contributed by atoms with Gasteiger partial charge in [-0.1, -0.05) is 53.3 Å². The molecule has 5 rings (SSSR count). The van der Waals surface area contributed by atoms with Crippen LogP contribution in [0, 0.1) is 11.7 Å². The van der Waals surface area contributed by atoms with Crippen LogP contribution in [0.4, 0.5) is 4.39 Å². The number of aromatic nitrogens is 2. The summed E-state index contributed by atoms with van der Waals surface area (Å²) < 4.78 is 15.8. The van der Waals surface area contributed by atoms with Crippen LogP contribution in [0.15, 0.2) is 54.9 Å². The van der Waals surface area contributed by atoms with Crippen molar-refractivity contribution in [2.75, 3.05) is 0 Å². The quantitative estimate of drug-likeness (QED) is 0.282. The van der Waals surface area contributed by atoms with Gasteiger partial charge in [0, 0.05) is 35.9 Å². The van der Waals surface area contributed by atoms with E-state index in [0.29, 0.717) is 22.6 Å². The highest BCUT2D eigenvalue weighted by Crippen LogP contribution is 2.38. The highest BCUT2D eigenvalue weighted by atomic mass is 35.5. The first kappa shape index (κ1) is 24.7. The summed E-state index contributed by atoms with van der Waals surface area (Å²) in [6.45, 7) is 1.68. The van der Waals surface area contributed by atoms with E-state index in [4.69, 9.17) is 11.6 Å². The molecule has 0 aliphatic heterocycles. The Hall–Kier alpha value is -3.03. The monoisotopic (exact) mass is 523 g/mol. The number of fused-ring (bicyclic) bond motifs is 1. The van der Waals surface area contributed by atoms with Crippen LogP contribution in [0.5, 0.6) is 0 Å². The zero-order valence-electron chi connectivity index (χ0n) is 20.0. The highest BCUT2D eigenvalue weighted by Gasteiger charge is 2.23. The molecular weight excluding hydrogens is 497 g/mol. The third kappa shape index (κ3) is 5.37. The number of carbonyl (C=O) groups is 2. The molecule has 1 N–H and O–H groups in total. The van der Waals surface area contributed by atoms with Crippen molar-refractivity contribution in [2.45, 2.75) is 51.5 Å². The number of amides is 1. The number of nitrogens with zero attached hydrogens (tertiary/aromatic N) is 2. The molecule has 8 heteroatoms. The Morgan fingerprint density at radius 2 is 1.86 bits per heavy atom. The number of carbonyl (C=O) groups excluding carboxylic acids is 2. The average molecular weight is 524 g/mol. The van der Waals surface area contributed by atoms with Crippen molar-refractivity contribution in [2.24, 2.45) is 5.92 Å². The van der Waals surface area contributed by atoms with Gasteiger partial charge in [0.15, 0.2) is 4.96 Å². The second kappa shape index (κ2) is 10.5. The molecule has 1 saturated carbocycles. The fourth-order valence-electron chi connectivity index (χ4n) is 5.02. The summed E-state index contributed by atoms with van der Waals surface area (Å²) in [4.78, 5) is 30.2. The minimum absolute atomic E-state index is 0.00844. The zero-order valence-corrected chi connectivity index (χ0v) is 21.5. The first-order valence-electron chi connectivity index (χ1n) is 12.2. The second-order valence-electron chi connectivity index (χ2n) is 9.54. The molecule has 0 unspecified atom stereocenters. The molecule has 4 aromatic rings. The summed E-state index contributed by atoms with van der Waals surface area (Å²) in [5.74, 6) is 0.567. The molecule has 1 aliphatic rings. The van der Waals surface area contributed by atoms with Crippen LogP contribution in [0.1, 0.15) is 66.6 Å². The minimum atomic E-state index is -0.454. The standard InChI is InChI=1S/C28H27ClFN3O2S/c1-17(34)13-18-5-7-19(8-6-18)20-9-11-21(12-10-20)26-16-33-15-25(32-28(33)36-26)27(35)31-14-22-23(29)3-2-4-24(22)30/h2-4,9-12,15-16,18-19H,5-8,13-14H2,1H3,(H,31,35). The van der Waals surface area contributed by atoms with Gasteiger partial charge in [0.05, 0.1) is 4.88 Å². The Kier molecular flexibility index (Phi) is 7.21. The van der Waals surface area contributed by atoms with Gasteiger partial charge in [-0.25, -0.2) is 9.37 Å². The number of Topliss-reactive ketones (excluding diaryl/α,β-unsaturated/α-hetero) is 1. The number of hydrogen-bond acceptors (Lipinski definition) is 4. The highest BCUT2D eigenvalue weighted by molar-refractivity contribution is 7.20. The van der Waals surface area contributed by atoms with Crippen LogP contribution >= 0.6 is 22.9 Å². The van der Waals surface area contributed by atoms with Crippen molar-refractivity contribution in [1.82, 2.24) is 14.7 Å². The third-order valence-corrected chi connectivity index (χ3v) is 8.37. The summed E-state index contributed by atoms with van der Waals surface area (Å²) >= 11 is 7.55. The molecule has 0 bridgehead atoms. The molecule has 0 atom stereocenters. The van der Waals surface area contributed by atoms with Crippen LogP contribution in [-0.4, -0.2) is 21.1 Å². The van der Waals surface area contributed by atoms with Gasteiger partial charge < -0.3 is 10.1 Å². The lowest BCUT2D eigenvalue weighted by atomic mass is 9.77. The van der Waals surface area contributed by atoms with E-state index >= 15 is 0 Å². The second-order valence-corrected chi connectivity index (χ2v) is 11.0. The van der Waals surface area contributed by atoms with Gasteiger partial charge in [-0.15, -0.1) is 0 Å². The zero-order chi connectivity index (χ0) is 25.2. The molecule has 5 nitrogen and oxygen atoms in total. The lowest BCUT2D eigenvalue weighted by Gasteiger charge is -2.28. The van der Waals surface area contributed by atoms with E-state index in [2.05, 4.69) is 34.6 Å². The molecule has 1 aliphatic carbocycles. The fraction of sp³-hybridized carbons (Fsp3) is 0.321. The number of ketones is 1. The lowest BCUT2D eigenvalue weighted by Crippen LogP contribution is -2.23. The molecule has 36 heavy (non-hydrogen) atoms. The normalized spacial score (nSPS) is 17.9. The number of halogens is 2. The summed E-state index contributed by atoms with van der Waals surface area (Å²) in [6.07, 6.45) is 8.89. The predicted octanol–water partition coefficient (Wildman–Crippen LogP) is 7.04. The molecule has 186 valence electrons. The third-order valence-electron chi connectivity index (χ3n) is 6.97. The Labute approximate surface area is 218 Å². The molecule has 0 radical (unpaired) electrons. The van der Waals surface area contributed by atoms with Gasteiger partial charge in [-0.05, 0) is 67.7 Å². The van der Waals surface area contributed by atoms with E-state index in [-0.39, 0.29) is 28.7 Å². The van der Waals surface area contributed by atoms with E-state index in [9.17, 15) is 14.0 Å². The molecular formula is C28H27ClFN3O2S. The fourth-order valence-corrected chi connectivity index (χ4v) is 6.23. The molecule has 2 aromatic carbocycles. The van der Waals surface area contributed by atoms with E-state index in [1.807, 2.05) is 10.6 Å². The maximum absolute atomic E-state index is 13.9. The SMILES string of the molecule is CC(=O)CC1CCC(c2ccc(-c3cn4cc(C(=O)NCc5c(F)cccc5Cl)nc4s3)cc2)CC1. The minimum Gasteiger partial charge on any atom is -0.346 e. The van der Waals surface area contributed by atoms with Crippen LogP contribution in [0.2, 0.25) is 5.02 Å². The lowest BCUT2D eigenvalue weighted by molar-refractivity contribution is -0.118. The first-order valence-corrected chi connectivity index (χ1v) is 13.4. The van der Waals surface area contributed by atoms with Crippen LogP contribution in [0.3, 0.4) is 0 Å². The Morgan fingerprint density at radius 3 is 2.53 bits per heavy atom.